The van der Waals surface area contributed by atoms with Crippen molar-refractivity contribution in [2.45, 2.75) is 27.2 Å². The summed E-state index contributed by atoms with van der Waals surface area (Å²) in [6.45, 7) is 7.97. The smallest absolute Gasteiger partial charge is 0.254 e. The first-order valence-corrected chi connectivity index (χ1v) is 7.86. The van der Waals surface area contributed by atoms with E-state index in [1.165, 1.54) is 6.07 Å². The number of benzene rings is 1. The number of phenols is 1. The van der Waals surface area contributed by atoms with Gasteiger partial charge in [-0.1, -0.05) is 20.8 Å². The van der Waals surface area contributed by atoms with Crippen LogP contribution in [0.4, 0.5) is 0 Å². The van der Waals surface area contributed by atoms with Crippen molar-refractivity contribution >= 4 is 28.5 Å². The number of carbonyl (C=O) groups excluding carboxylic acids is 1. The molecule has 0 radical (unpaired) electrons. The van der Waals surface area contributed by atoms with Crippen molar-refractivity contribution in [2.24, 2.45) is 11.1 Å². The Morgan fingerprint density at radius 3 is 2.60 bits per heavy atom. The van der Waals surface area contributed by atoms with E-state index >= 15 is 0 Å². The van der Waals surface area contributed by atoms with Crippen molar-refractivity contribution in [2.75, 3.05) is 19.6 Å². The molecular weight excluding hydrogens is 367 g/mol. The number of rotatable bonds is 6. The topological polar surface area (TPSA) is 66.6 Å². The number of hydrogen-bond acceptors (Lipinski definition) is 3. The van der Waals surface area contributed by atoms with Crippen LogP contribution in [-0.4, -0.2) is 35.5 Å². The number of aromatic hydroxyl groups is 1. The van der Waals surface area contributed by atoms with Gasteiger partial charge in [0.25, 0.3) is 5.91 Å². The van der Waals surface area contributed by atoms with Gasteiger partial charge in [0.15, 0.2) is 0 Å². The molecule has 0 bridgehead atoms. The zero-order valence-electron chi connectivity index (χ0n) is 12.3. The number of phenolic OH excluding ortho intramolecular Hbond substituents is 1. The monoisotopic (exact) mass is 390 g/mol. The summed E-state index contributed by atoms with van der Waals surface area (Å²) >= 11 is 2.04. The fraction of sp³-hybridized carbons (Fsp3) is 0.533. The lowest BCUT2D eigenvalue weighted by atomic mass is 9.92. The highest BCUT2D eigenvalue weighted by molar-refractivity contribution is 14.1. The molecule has 1 aromatic carbocycles. The first kappa shape index (κ1) is 17.2. The summed E-state index contributed by atoms with van der Waals surface area (Å²) in [5.74, 6) is 0.0889. The molecule has 0 fully saturated rings. The second-order valence-corrected chi connectivity index (χ2v) is 6.92. The summed E-state index contributed by atoms with van der Waals surface area (Å²) in [4.78, 5) is 14.4. The molecule has 0 aromatic heterocycles. The molecule has 1 rings (SSSR count). The van der Waals surface area contributed by atoms with E-state index < -0.39 is 0 Å². The van der Waals surface area contributed by atoms with Crippen LogP contribution in [-0.2, 0) is 0 Å². The van der Waals surface area contributed by atoms with Crippen molar-refractivity contribution in [3.63, 3.8) is 0 Å². The first-order chi connectivity index (χ1) is 9.30. The van der Waals surface area contributed by atoms with Crippen molar-refractivity contribution in [1.29, 1.82) is 0 Å². The number of hydrogen-bond donors (Lipinski definition) is 2. The van der Waals surface area contributed by atoms with Crippen LogP contribution in [0.25, 0.3) is 0 Å². The van der Waals surface area contributed by atoms with E-state index in [2.05, 4.69) is 0 Å². The predicted molar refractivity (Wildman–Crippen MR) is 89.9 cm³/mol. The predicted octanol–water partition coefficient (Wildman–Crippen LogP) is 2.83. The van der Waals surface area contributed by atoms with Crippen LogP contribution in [0, 0.1) is 8.99 Å². The molecule has 0 aliphatic rings. The third-order valence-electron chi connectivity index (χ3n) is 3.15. The van der Waals surface area contributed by atoms with E-state index in [-0.39, 0.29) is 17.1 Å². The lowest BCUT2D eigenvalue weighted by Gasteiger charge is -2.31. The van der Waals surface area contributed by atoms with Crippen LogP contribution in [0.3, 0.4) is 0 Å². The van der Waals surface area contributed by atoms with E-state index in [1.54, 1.807) is 12.1 Å². The Labute approximate surface area is 134 Å². The number of nitrogens with two attached hydrogens (primary N) is 1. The summed E-state index contributed by atoms with van der Waals surface area (Å²) in [6, 6.07) is 5.03. The molecular formula is C15H23IN2O2. The highest BCUT2D eigenvalue weighted by Crippen LogP contribution is 2.23. The van der Waals surface area contributed by atoms with E-state index in [4.69, 9.17) is 5.73 Å². The van der Waals surface area contributed by atoms with Crippen LogP contribution < -0.4 is 5.73 Å². The Kier molecular flexibility index (Phi) is 6.26. The quantitative estimate of drug-likeness (QED) is 0.735. The van der Waals surface area contributed by atoms with Crippen LogP contribution in [0.5, 0.6) is 5.75 Å². The van der Waals surface area contributed by atoms with Crippen LogP contribution in [0.2, 0.25) is 0 Å². The SMILES string of the molecule is CCCN(CC(C)(C)CN)C(=O)c1ccc(I)c(O)c1. The minimum absolute atomic E-state index is 0.0555. The van der Waals surface area contributed by atoms with E-state index in [1.807, 2.05) is 48.3 Å². The molecule has 1 aromatic rings. The zero-order chi connectivity index (χ0) is 15.3. The van der Waals surface area contributed by atoms with Gasteiger partial charge in [-0.15, -0.1) is 0 Å². The summed E-state index contributed by atoms with van der Waals surface area (Å²) in [7, 11) is 0. The zero-order valence-corrected chi connectivity index (χ0v) is 14.5. The molecule has 20 heavy (non-hydrogen) atoms. The van der Waals surface area contributed by atoms with Crippen LogP contribution >= 0.6 is 22.6 Å². The molecule has 4 nitrogen and oxygen atoms in total. The molecule has 112 valence electrons. The van der Waals surface area contributed by atoms with Crippen molar-refractivity contribution in [3.8, 4) is 5.75 Å². The Balaban J connectivity index is 2.96. The average molecular weight is 390 g/mol. The van der Waals surface area contributed by atoms with Gasteiger partial charge in [0, 0.05) is 18.7 Å². The van der Waals surface area contributed by atoms with E-state index in [0.29, 0.717) is 25.2 Å². The Morgan fingerprint density at radius 2 is 2.10 bits per heavy atom. The van der Waals surface area contributed by atoms with Gasteiger partial charge in [0.05, 0.1) is 3.57 Å². The fourth-order valence-corrected chi connectivity index (χ4v) is 2.27. The molecule has 0 aliphatic heterocycles. The lowest BCUT2D eigenvalue weighted by molar-refractivity contribution is 0.0689. The maximum Gasteiger partial charge on any atom is 0.254 e. The minimum atomic E-state index is -0.115. The molecule has 0 atom stereocenters. The van der Waals surface area contributed by atoms with Gasteiger partial charge in [0.2, 0.25) is 0 Å². The number of halogens is 1. The van der Waals surface area contributed by atoms with Gasteiger partial charge in [0.1, 0.15) is 5.75 Å². The van der Waals surface area contributed by atoms with Gasteiger partial charge in [-0.05, 0) is 59.2 Å². The Morgan fingerprint density at radius 1 is 1.45 bits per heavy atom. The van der Waals surface area contributed by atoms with Gasteiger partial charge >= 0.3 is 0 Å². The second kappa shape index (κ2) is 7.26. The molecule has 0 aliphatic carbocycles. The van der Waals surface area contributed by atoms with Gasteiger partial charge in [-0.2, -0.15) is 0 Å². The third-order valence-corrected chi connectivity index (χ3v) is 4.06. The normalized spacial score (nSPS) is 11.4. The molecule has 0 heterocycles. The summed E-state index contributed by atoms with van der Waals surface area (Å²) in [5, 5.41) is 9.74. The minimum Gasteiger partial charge on any atom is -0.507 e. The van der Waals surface area contributed by atoms with Gasteiger partial charge in [-0.3, -0.25) is 4.79 Å². The third kappa shape index (κ3) is 4.63. The van der Waals surface area contributed by atoms with Crippen molar-refractivity contribution in [1.82, 2.24) is 4.90 Å². The molecule has 0 saturated carbocycles. The maximum absolute atomic E-state index is 12.6. The van der Waals surface area contributed by atoms with E-state index in [9.17, 15) is 9.90 Å². The highest BCUT2D eigenvalue weighted by atomic mass is 127. The van der Waals surface area contributed by atoms with Crippen molar-refractivity contribution in [3.05, 3.63) is 27.3 Å². The number of amides is 1. The van der Waals surface area contributed by atoms with Gasteiger partial charge < -0.3 is 15.7 Å². The second-order valence-electron chi connectivity index (χ2n) is 5.76. The van der Waals surface area contributed by atoms with Crippen molar-refractivity contribution < 1.29 is 9.90 Å². The fourth-order valence-electron chi connectivity index (χ4n) is 1.93. The summed E-state index contributed by atoms with van der Waals surface area (Å²) < 4.78 is 0.739. The van der Waals surface area contributed by atoms with Crippen LogP contribution in [0.15, 0.2) is 18.2 Å². The Hall–Kier alpha value is -0.820. The standard InChI is InChI=1S/C15H23IN2O2/c1-4-7-18(10-15(2,3)9-17)14(20)11-5-6-12(16)13(19)8-11/h5-6,8,19H,4,7,9-10,17H2,1-3H3. The number of nitrogens with zero attached hydrogens (tertiary/aromatic N) is 1. The summed E-state index contributed by atoms with van der Waals surface area (Å²) in [5.41, 5.74) is 6.16. The van der Waals surface area contributed by atoms with Crippen LogP contribution in [0.1, 0.15) is 37.6 Å². The van der Waals surface area contributed by atoms with E-state index in [0.717, 1.165) is 9.99 Å². The highest BCUT2D eigenvalue weighted by Gasteiger charge is 2.24. The summed E-state index contributed by atoms with van der Waals surface area (Å²) in [6.07, 6.45) is 0.892. The first-order valence-electron chi connectivity index (χ1n) is 6.78. The molecule has 0 spiro atoms. The lowest BCUT2D eigenvalue weighted by Crippen LogP contribution is -2.42. The molecule has 1 amide bonds. The largest absolute Gasteiger partial charge is 0.507 e. The molecule has 5 heteroatoms. The molecule has 3 N–H and O–H groups in total. The Bertz CT molecular complexity index is 475. The average Bonchev–Trinajstić information content (AvgIpc) is 2.40. The molecule has 0 saturated heterocycles. The maximum atomic E-state index is 12.6. The number of carbonyl (C=O) groups is 1. The molecule has 0 unspecified atom stereocenters. The van der Waals surface area contributed by atoms with Gasteiger partial charge in [-0.25, -0.2) is 0 Å².